The van der Waals surface area contributed by atoms with E-state index in [4.69, 9.17) is 0 Å². The van der Waals surface area contributed by atoms with Crippen LogP contribution < -0.4 is 5.32 Å². The molecule has 0 unspecified atom stereocenters. The van der Waals surface area contributed by atoms with Gasteiger partial charge in [0, 0.05) is 13.6 Å². The van der Waals surface area contributed by atoms with Crippen LogP contribution in [-0.4, -0.2) is 77.9 Å². The van der Waals surface area contributed by atoms with Crippen LogP contribution in [0.3, 0.4) is 0 Å². The fraction of sp³-hybridized carbons (Fsp3) is 0.850. The van der Waals surface area contributed by atoms with E-state index < -0.39 is 5.54 Å². The second-order valence-corrected chi connectivity index (χ2v) is 8.28. The molecule has 2 aliphatic heterocycles. The first-order valence-corrected chi connectivity index (χ1v) is 10.6. The van der Waals surface area contributed by atoms with Gasteiger partial charge in [0.1, 0.15) is 12.1 Å². The third kappa shape index (κ3) is 4.45. The lowest BCUT2D eigenvalue weighted by Crippen LogP contribution is -2.49. The average Bonchev–Trinajstić information content (AvgIpc) is 2.91. The van der Waals surface area contributed by atoms with Crippen LogP contribution in [-0.2, 0) is 9.59 Å². The predicted octanol–water partition coefficient (Wildman–Crippen LogP) is 1.97. The summed E-state index contributed by atoms with van der Waals surface area (Å²) in [7, 11) is 1.70. The molecule has 1 spiro atoms. The first-order chi connectivity index (χ1) is 13.0. The van der Waals surface area contributed by atoms with Gasteiger partial charge in [0.05, 0.1) is 0 Å². The normalized spacial score (nSPS) is 23.7. The Hall–Kier alpha value is -1.63. The summed E-state index contributed by atoms with van der Waals surface area (Å²) in [6.45, 7) is 3.73. The summed E-state index contributed by atoms with van der Waals surface area (Å²) in [5, 5.41) is 2.88. The van der Waals surface area contributed by atoms with Crippen LogP contribution in [0.5, 0.6) is 0 Å². The third-order valence-electron chi connectivity index (χ3n) is 6.46. The van der Waals surface area contributed by atoms with E-state index in [2.05, 4.69) is 10.2 Å². The first-order valence-electron chi connectivity index (χ1n) is 10.6. The summed E-state index contributed by atoms with van der Waals surface area (Å²) in [4.78, 5) is 42.9. The molecule has 2 heterocycles. The molecule has 4 amide bonds. The molecule has 7 heteroatoms. The highest BCUT2D eigenvalue weighted by atomic mass is 16.2. The predicted molar refractivity (Wildman–Crippen MR) is 103 cm³/mol. The largest absolute Gasteiger partial charge is 0.354 e. The van der Waals surface area contributed by atoms with E-state index in [1.165, 1.54) is 25.7 Å². The molecule has 0 aromatic carbocycles. The molecule has 0 radical (unpaired) electrons. The molecule has 7 nitrogen and oxygen atoms in total. The van der Waals surface area contributed by atoms with Gasteiger partial charge in [0.25, 0.3) is 5.91 Å². The van der Waals surface area contributed by atoms with E-state index in [1.807, 2.05) is 0 Å². The van der Waals surface area contributed by atoms with Crippen molar-refractivity contribution in [2.45, 2.75) is 69.7 Å². The Morgan fingerprint density at radius 1 is 1.00 bits per heavy atom. The number of hydrogen-bond donors (Lipinski definition) is 1. The molecule has 3 fully saturated rings. The van der Waals surface area contributed by atoms with Crippen LogP contribution in [0, 0.1) is 0 Å². The maximum Gasteiger partial charge on any atom is 0.327 e. The monoisotopic (exact) mass is 378 g/mol. The van der Waals surface area contributed by atoms with Crippen molar-refractivity contribution in [3.8, 4) is 0 Å². The van der Waals surface area contributed by atoms with Crippen molar-refractivity contribution in [3.63, 3.8) is 0 Å². The van der Waals surface area contributed by atoms with Gasteiger partial charge in [-0.05, 0) is 51.7 Å². The number of urea groups is 1. The highest BCUT2D eigenvalue weighted by Crippen LogP contribution is 2.39. The molecule has 27 heavy (non-hydrogen) atoms. The third-order valence-corrected chi connectivity index (χ3v) is 6.46. The van der Waals surface area contributed by atoms with Crippen LogP contribution in [0.25, 0.3) is 0 Å². The Morgan fingerprint density at radius 3 is 2.30 bits per heavy atom. The molecule has 0 aromatic rings. The minimum Gasteiger partial charge on any atom is -0.354 e. The fourth-order valence-electron chi connectivity index (χ4n) is 4.76. The lowest BCUT2D eigenvalue weighted by molar-refractivity contribution is -0.137. The Morgan fingerprint density at radius 2 is 1.63 bits per heavy atom. The molecule has 3 aliphatic rings. The summed E-state index contributed by atoms with van der Waals surface area (Å²) in [6, 6.07) is -0.332. The van der Waals surface area contributed by atoms with Gasteiger partial charge in [-0.15, -0.1) is 0 Å². The number of likely N-dealkylation sites (N-methyl/N-ethyl adjacent to an activating group) is 1. The molecule has 1 aliphatic carbocycles. The maximum absolute atomic E-state index is 12.9. The van der Waals surface area contributed by atoms with Gasteiger partial charge in [-0.25, -0.2) is 4.79 Å². The quantitative estimate of drug-likeness (QED) is 0.566. The number of likely N-dealkylation sites (tertiary alicyclic amines) is 1. The van der Waals surface area contributed by atoms with Crippen LogP contribution in [0.4, 0.5) is 4.79 Å². The van der Waals surface area contributed by atoms with Crippen molar-refractivity contribution in [1.82, 2.24) is 20.0 Å². The summed E-state index contributed by atoms with van der Waals surface area (Å²) in [5.41, 5.74) is -0.706. The first kappa shape index (κ1) is 20.1. The number of nitrogens with zero attached hydrogens (tertiary/aromatic N) is 3. The Bertz CT molecular complexity index is 551. The van der Waals surface area contributed by atoms with Crippen molar-refractivity contribution in [2.24, 2.45) is 0 Å². The minimum atomic E-state index is -0.706. The molecule has 0 bridgehead atoms. The number of amides is 4. The van der Waals surface area contributed by atoms with E-state index in [0.717, 1.165) is 50.2 Å². The van der Waals surface area contributed by atoms with Gasteiger partial charge in [-0.3, -0.25) is 14.5 Å². The summed E-state index contributed by atoms with van der Waals surface area (Å²) in [5.74, 6) is -0.428. The van der Waals surface area contributed by atoms with Crippen LogP contribution in [0.1, 0.15) is 64.2 Å². The van der Waals surface area contributed by atoms with Crippen molar-refractivity contribution < 1.29 is 14.4 Å². The zero-order valence-corrected chi connectivity index (χ0v) is 16.7. The lowest BCUT2D eigenvalue weighted by atomic mass is 9.81. The number of nitrogens with one attached hydrogen (secondary N) is 1. The minimum absolute atomic E-state index is 0.159. The van der Waals surface area contributed by atoms with Crippen molar-refractivity contribution in [2.75, 3.05) is 39.8 Å². The molecule has 1 N–H and O–H groups in total. The zero-order valence-electron chi connectivity index (χ0n) is 16.7. The van der Waals surface area contributed by atoms with Gasteiger partial charge in [0.2, 0.25) is 5.91 Å². The number of carbonyl (C=O) groups excluding carboxylic acids is 3. The van der Waals surface area contributed by atoms with E-state index in [0.29, 0.717) is 19.4 Å². The van der Waals surface area contributed by atoms with Gasteiger partial charge in [-0.1, -0.05) is 32.1 Å². The number of rotatable bonds is 6. The number of imide groups is 1. The molecule has 1 saturated carbocycles. The zero-order chi connectivity index (χ0) is 19.3. The van der Waals surface area contributed by atoms with Gasteiger partial charge in [0.15, 0.2) is 0 Å². The van der Waals surface area contributed by atoms with Gasteiger partial charge < -0.3 is 15.1 Å². The molecule has 2 saturated heterocycles. The summed E-state index contributed by atoms with van der Waals surface area (Å²) in [6.07, 6.45) is 10.5. The second kappa shape index (κ2) is 9.04. The van der Waals surface area contributed by atoms with Crippen LogP contribution in [0.15, 0.2) is 0 Å². The van der Waals surface area contributed by atoms with Crippen molar-refractivity contribution in [3.05, 3.63) is 0 Å². The fourth-order valence-corrected chi connectivity index (χ4v) is 4.76. The van der Waals surface area contributed by atoms with Crippen molar-refractivity contribution >= 4 is 17.8 Å². The van der Waals surface area contributed by atoms with E-state index in [1.54, 1.807) is 11.9 Å². The van der Waals surface area contributed by atoms with Crippen LogP contribution >= 0.6 is 0 Å². The average molecular weight is 379 g/mol. The number of hydrogen-bond acceptors (Lipinski definition) is 4. The second-order valence-electron chi connectivity index (χ2n) is 8.28. The Balaban J connectivity index is 1.43. The Labute approximate surface area is 162 Å². The van der Waals surface area contributed by atoms with E-state index >= 15 is 0 Å². The molecular weight excluding hydrogens is 344 g/mol. The lowest BCUT2D eigenvalue weighted by Gasteiger charge is -2.35. The van der Waals surface area contributed by atoms with Gasteiger partial charge in [-0.2, -0.15) is 0 Å². The Kier molecular flexibility index (Phi) is 6.73. The maximum atomic E-state index is 12.9. The molecule has 3 rings (SSSR count). The molecule has 0 aromatic heterocycles. The summed E-state index contributed by atoms with van der Waals surface area (Å²) < 4.78 is 0. The van der Waals surface area contributed by atoms with Crippen molar-refractivity contribution in [1.29, 1.82) is 0 Å². The van der Waals surface area contributed by atoms with Gasteiger partial charge >= 0.3 is 6.03 Å². The highest BCUT2D eigenvalue weighted by Gasteiger charge is 2.55. The highest BCUT2D eigenvalue weighted by molar-refractivity contribution is 6.08. The number of carbonyl (C=O) groups is 3. The molecule has 152 valence electrons. The van der Waals surface area contributed by atoms with E-state index in [-0.39, 0.29) is 24.4 Å². The van der Waals surface area contributed by atoms with E-state index in [9.17, 15) is 14.4 Å². The standard InChI is InChI=1S/C20H34N4O3/c1-22-19(27)24(18(26)20(22)10-5-4-6-11-20)16-17(25)21-12-9-15-23-13-7-2-3-8-14-23/h2-16H2,1H3,(H,21,25). The SMILES string of the molecule is CN1C(=O)N(CC(=O)NCCCN2CCCCCC2)C(=O)C12CCCCC2. The smallest absolute Gasteiger partial charge is 0.327 e. The molecule has 0 atom stereocenters. The molecular formula is C20H34N4O3. The summed E-state index contributed by atoms with van der Waals surface area (Å²) >= 11 is 0. The topological polar surface area (TPSA) is 73.0 Å². The van der Waals surface area contributed by atoms with Crippen LogP contribution in [0.2, 0.25) is 0 Å².